The van der Waals surface area contributed by atoms with Gasteiger partial charge in [0, 0.05) is 23.8 Å². The van der Waals surface area contributed by atoms with E-state index in [0.717, 1.165) is 16.8 Å². The van der Waals surface area contributed by atoms with Gasteiger partial charge < -0.3 is 5.43 Å². The van der Waals surface area contributed by atoms with E-state index in [1.54, 1.807) is 18.2 Å². The Bertz CT molecular complexity index is 764. The van der Waals surface area contributed by atoms with Crippen LogP contribution in [0.3, 0.4) is 0 Å². The summed E-state index contributed by atoms with van der Waals surface area (Å²) in [5, 5.41) is 0. The minimum absolute atomic E-state index is 0.0715. The molecule has 0 unspecified atom stereocenters. The molecule has 0 saturated heterocycles. The maximum atomic E-state index is 12.1. The molecule has 4 nitrogen and oxygen atoms in total. The lowest BCUT2D eigenvalue weighted by atomic mass is 9.86. The van der Waals surface area contributed by atoms with Crippen LogP contribution in [0.4, 0.5) is 0 Å². The zero-order valence-electron chi connectivity index (χ0n) is 13.6. The van der Waals surface area contributed by atoms with Gasteiger partial charge in [0.1, 0.15) is 0 Å². The number of ketones is 1. The van der Waals surface area contributed by atoms with Gasteiger partial charge in [0.15, 0.2) is 5.78 Å². The molecule has 0 aliphatic heterocycles. The zero-order chi connectivity index (χ0) is 16.9. The number of aryl methyl sites for hydroxylation is 1. The fraction of sp³-hybridized carbons (Fsp3) is 0.200. The van der Waals surface area contributed by atoms with Crippen LogP contribution in [0.5, 0.6) is 0 Å². The normalized spacial score (nSPS) is 17.1. The number of carbonyl (C=O) groups excluding carboxylic acids is 2. The lowest BCUT2D eigenvalue weighted by molar-refractivity contribution is -0.115. The van der Waals surface area contributed by atoms with Gasteiger partial charge in [0.05, 0.1) is 0 Å². The first kappa shape index (κ1) is 16.0. The summed E-state index contributed by atoms with van der Waals surface area (Å²) in [7, 11) is 0. The smallest absolute Gasteiger partial charge is 0.269 e. The molecule has 2 N–H and O–H groups in total. The summed E-state index contributed by atoms with van der Waals surface area (Å²) in [6.45, 7) is 1.97. The van der Waals surface area contributed by atoms with E-state index < -0.39 is 0 Å². The summed E-state index contributed by atoms with van der Waals surface area (Å²) in [6.07, 6.45) is 2.78. The van der Waals surface area contributed by atoms with Gasteiger partial charge in [0.25, 0.3) is 5.91 Å². The molecule has 2 aromatic carbocycles. The number of allylic oxidation sites excluding steroid dienone is 2. The molecule has 4 heteroatoms. The molecule has 2 aromatic rings. The Balaban J connectivity index is 1.63. The highest BCUT2D eigenvalue weighted by molar-refractivity contribution is 5.94. The van der Waals surface area contributed by atoms with Gasteiger partial charge in [-0.1, -0.05) is 48.0 Å². The average Bonchev–Trinajstić information content (AvgIpc) is 2.60. The van der Waals surface area contributed by atoms with Gasteiger partial charge in [-0.25, -0.2) is 0 Å². The van der Waals surface area contributed by atoms with Gasteiger partial charge in [-0.2, -0.15) is 0 Å². The molecule has 0 spiro atoms. The molecule has 0 heterocycles. The minimum Gasteiger partial charge on any atom is -0.302 e. The fourth-order valence-electron chi connectivity index (χ4n) is 2.85. The van der Waals surface area contributed by atoms with E-state index >= 15 is 0 Å². The number of carbonyl (C=O) groups is 2. The lowest BCUT2D eigenvalue weighted by Gasteiger charge is -2.23. The molecule has 0 bridgehead atoms. The van der Waals surface area contributed by atoms with E-state index in [1.165, 1.54) is 0 Å². The summed E-state index contributed by atoms with van der Waals surface area (Å²) < 4.78 is 0. The van der Waals surface area contributed by atoms with Crippen molar-refractivity contribution in [2.24, 2.45) is 0 Å². The Morgan fingerprint density at radius 2 is 1.71 bits per heavy atom. The number of benzene rings is 2. The molecule has 3 rings (SSSR count). The molecule has 24 heavy (non-hydrogen) atoms. The zero-order valence-corrected chi connectivity index (χ0v) is 13.6. The Morgan fingerprint density at radius 3 is 2.42 bits per heavy atom. The molecule has 1 aliphatic rings. The van der Waals surface area contributed by atoms with Crippen molar-refractivity contribution in [2.45, 2.75) is 25.7 Å². The van der Waals surface area contributed by atoms with Crippen molar-refractivity contribution < 1.29 is 9.59 Å². The van der Waals surface area contributed by atoms with Crippen LogP contribution in [-0.2, 0) is 4.79 Å². The van der Waals surface area contributed by atoms with Crippen LogP contribution in [0.15, 0.2) is 66.4 Å². The van der Waals surface area contributed by atoms with E-state index in [1.807, 2.05) is 49.4 Å². The highest BCUT2D eigenvalue weighted by Crippen LogP contribution is 2.29. The molecule has 1 atom stereocenters. The minimum atomic E-state index is -0.217. The van der Waals surface area contributed by atoms with Crippen molar-refractivity contribution in [3.05, 3.63) is 83.1 Å². The largest absolute Gasteiger partial charge is 0.302 e. The third kappa shape index (κ3) is 3.90. The number of rotatable bonds is 4. The van der Waals surface area contributed by atoms with Crippen molar-refractivity contribution in [2.75, 3.05) is 0 Å². The van der Waals surface area contributed by atoms with Gasteiger partial charge in [-0.15, -0.1) is 0 Å². The first-order chi connectivity index (χ1) is 11.6. The molecular weight excluding hydrogens is 300 g/mol. The highest BCUT2D eigenvalue weighted by Gasteiger charge is 2.22. The van der Waals surface area contributed by atoms with Crippen LogP contribution in [0, 0.1) is 6.92 Å². The maximum Gasteiger partial charge on any atom is 0.269 e. The predicted molar refractivity (Wildman–Crippen MR) is 93.3 cm³/mol. The van der Waals surface area contributed by atoms with Gasteiger partial charge in [-0.3, -0.25) is 15.0 Å². The van der Waals surface area contributed by atoms with Crippen molar-refractivity contribution in [3.63, 3.8) is 0 Å². The molecule has 1 aliphatic carbocycles. The number of hydrogen-bond donors (Lipinski definition) is 2. The third-order valence-corrected chi connectivity index (χ3v) is 4.17. The van der Waals surface area contributed by atoms with Crippen molar-refractivity contribution >= 4 is 11.7 Å². The van der Waals surface area contributed by atoms with Gasteiger partial charge in [0.2, 0.25) is 0 Å². The second-order valence-corrected chi connectivity index (χ2v) is 6.10. The Kier molecular flexibility index (Phi) is 4.75. The monoisotopic (exact) mass is 320 g/mol. The highest BCUT2D eigenvalue weighted by atomic mass is 16.2. The molecule has 0 radical (unpaired) electrons. The van der Waals surface area contributed by atoms with E-state index in [2.05, 4.69) is 10.9 Å². The molecule has 122 valence electrons. The fourth-order valence-corrected chi connectivity index (χ4v) is 2.85. The van der Waals surface area contributed by atoms with Crippen molar-refractivity contribution in [1.82, 2.24) is 10.9 Å². The topological polar surface area (TPSA) is 58.2 Å². The van der Waals surface area contributed by atoms with Crippen LogP contribution < -0.4 is 10.9 Å². The van der Waals surface area contributed by atoms with E-state index in [9.17, 15) is 9.59 Å². The standard InChI is InChI=1S/C20H20N2O2/c1-14-7-9-16(10-8-14)20(24)22-21-18-11-17(12-19(23)13-18)15-5-3-2-4-6-15/h2-10,13,17,21H,11-12H2,1H3,(H,22,24)/t17-/m1/s1. The quantitative estimate of drug-likeness (QED) is 0.850. The van der Waals surface area contributed by atoms with Gasteiger partial charge in [-0.05, 0) is 37.0 Å². The van der Waals surface area contributed by atoms with Gasteiger partial charge >= 0.3 is 0 Å². The first-order valence-electron chi connectivity index (χ1n) is 8.03. The molecule has 0 saturated carbocycles. The molecule has 0 fully saturated rings. The van der Waals surface area contributed by atoms with Crippen LogP contribution in [0.2, 0.25) is 0 Å². The second-order valence-electron chi connectivity index (χ2n) is 6.10. The molecule has 0 aromatic heterocycles. The summed E-state index contributed by atoms with van der Waals surface area (Å²) in [6, 6.07) is 17.3. The maximum absolute atomic E-state index is 12.1. The van der Waals surface area contributed by atoms with Crippen molar-refractivity contribution in [1.29, 1.82) is 0 Å². The lowest BCUT2D eigenvalue weighted by Crippen LogP contribution is -2.38. The molecular formula is C20H20N2O2. The Hall–Kier alpha value is -2.88. The Morgan fingerprint density at radius 1 is 1.00 bits per heavy atom. The first-order valence-corrected chi connectivity index (χ1v) is 8.03. The summed E-state index contributed by atoms with van der Waals surface area (Å²) in [5.74, 6) is -0.00477. The molecule has 1 amide bonds. The third-order valence-electron chi connectivity index (χ3n) is 4.17. The van der Waals surface area contributed by atoms with Crippen LogP contribution in [-0.4, -0.2) is 11.7 Å². The van der Waals surface area contributed by atoms with Crippen LogP contribution in [0.1, 0.15) is 40.2 Å². The summed E-state index contributed by atoms with van der Waals surface area (Å²) in [4.78, 5) is 24.1. The van der Waals surface area contributed by atoms with Crippen LogP contribution >= 0.6 is 0 Å². The van der Waals surface area contributed by atoms with Crippen molar-refractivity contribution in [3.8, 4) is 0 Å². The number of hydrogen-bond acceptors (Lipinski definition) is 3. The second kappa shape index (κ2) is 7.13. The van der Waals surface area contributed by atoms with E-state index in [4.69, 9.17) is 0 Å². The summed E-state index contributed by atoms with van der Waals surface area (Å²) >= 11 is 0. The van der Waals surface area contributed by atoms with E-state index in [-0.39, 0.29) is 17.6 Å². The SMILES string of the molecule is Cc1ccc(C(=O)NNC2=CC(=O)C[C@H](c3ccccc3)C2)cc1. The summed E-state index contributed by atoms with van der Waals surface area (Å²) in [5.41, 5.74) is 9.14. The number of hydrazine groups is 1. The number of amides is 1. The van der Waals surface area contributed by atoms with E-state index in [0.29, 0.717) is 18.4 Å². The average molecular weight is 320 g/mol. The van der Waals surface area contributed by atoms with Crippen LogP contribution in [0.25, 0.3) is 0 Å². The predicted octanol–water partition coefficient (Wildman–Crippen LogP) is 3.26. The Labute approximate surface area is 141 Å². The number of nitrogens with one attached hydrogen (secondary N) is 2.